The van der Waals surface area contributed by atoms with Crippen molar-refractivity contribution in [3.8, 4) is 11.4 Å². The first-order valence-corrected chi connectivity index (χ1v) is 8.18. The lowest BCUT2D eigenvalue weighted by Gasteiger charge is -2.31. The summed E-state index contributed by atoms with van der Waals surface area (Å²) < 4.78 is 6.24. The number of halogens is 2. The van der Waals surface area contributed by atoms with Crippen molar-refractivity contribution in [1.29, 1.82) is 0 Å². The molecule has 0 atom stereocenters. The van der Waals surface area contributed by atoms with Crippen LogP contribution in [0.3, 0.4) is 0 Å². The summed E-state index contributed by atoms with van der Waals surface area (Å²) in [5.41, 5.74) is 6.18. The highest BCUT2D eigenvalue weighted by Gasteiger charge is 2.35. The molecular weight excluding hydrogens is 398 g/mol. The second-order valence-electron chi connectivity index (χ2n) is 5.56. The van der Waals surface area contributed by atoms with Crippen LogP contribution in [0.15, 0.2) is 28.7 Å². The third-order valence-corrected chi connectivity index (χ3v) is 4.42. The van der Waals surface area contributed by atoms with E-state index in [1.165, 1.54) is 0 Å². The second kappa shape index (κ2) is 8.06. The quantitative estimate of drug-likeness (QED) is 0.704. The van der Waals surface area contributed by atoms with Crippen LogP contribution < -0.4 is 11.1 Å². The van der Waals surface area contributed by atoms with Crippen LogP contribution >= 0.6 is 28.3 Å². The van der Waals surface area contributed by atoms with E-state index in [0.29, 0.717) is 37.7 Å². The zero-order valence-electron chi connectivity index (χ0n) is 12.9. The number of aromatic nitrogens is 3. The monoisotopic (exact) mass is 415 g/mol. The van der Waals surface area contributed by atoms with Gasteiger partial charge in [-0.25, -0.2) is 4.98 Å². The average molecular weight is 417 g/mol. The molecule has 1 aliphatic heterocycles. The fraction of sp³-hybridized carbons (Fsp3) is 0.400. The minimum atomic E-state index is -0.854. The Morgan fingerprint density at radius 3 is 2.67 bits per heavy atom. The van der Waals surface area contributed by atoms with Gasteiger partial charge >= 0.3 is 0 Å². The van der Waals surface area contributed by atoms with E-state index < -0.39 is 5.54 Å². The molecule has 1 fully saturated rings. The summed E-state index contributed by atoms with van der Waals surface area (Å²) in [5.74, 6) is 1.00. The van der Waals surface area contributed by atoms with E-state index in [1.54, 1.807) is 0 Å². The molecule has 0 radical (unpaired) electrons. The molecule has 7 nitrogen and oxygen atoms in total. The Morgan fingerprint density at radius 2 is 2.00 bits per heavy atom. The first kappa shape index (κ1) is 18.9. The molecule has 1 amide bonds. The third-order valence-electron chi connectivity index (χ3n) is 3.89. The highest BCUT2D eigenvalue weighted by atomic mass is 79.9. The summed E-state index contributed by atoms with van der Waals surface area (Å²) in [5, 5.41) is 9.83. The molecule has 1 saturated heterocycles. The summed E-state index contributed by atoms with van der Waals surface area (Å²) in [7, 11) is 0. The number of hydrogen-bond acceptors (Lipinski definition) is 5. The van der Waals surface area contributed by atoms with Crippen LogP contribution in [0.1, 0.15) is 18.7 Å². The van der Waals surface area contributed by atoms with E-state index in [9.17, 15) is 4.79 Å². The molecule has 1 aromatic heterocycles. The van der Waals surface area contributed by atoms with Crippen molar-refractivity contribution >= 4 is 34.2 Å². The Balaban J connectivity index is 0.00000208. The maximum absolute atomic E-state index is 12.2. The van der Waals surface area contributed by atoms with Gasteiger partial charge in [-0.2, -0.15) is 5.10 Å². The number of nitrogens with one attached hydrogen (secondary N) is 2. The molecule has 1 aliphatic rings. The fourth-order valence-electron chi connectivity index (χ4n) is 2.41. The molecule has 0 aliphatic carbocycles. The zero-order valence-corrected chi connectivity index (χ0v) is 15.3. The lowest BCUT2D eigenvalue weighted by atomic mass is 9.90. The van der Waals surface area contributed by atoms with Crippen LogP contribution in [0.25, 0.3) is 11.4 Å². The molecule has 3 rings (SSSR count). The molecule has 2 aromatic rings. The van der Waals surface area contributed by atoms with Crippen LogP contribution in [0.4, 0.5) is 0 Å². The number of carbonyl (C=O) groups excluding carboxylic acids is 1. The Hall–Kier alpha value is -1.48. The molecule has 4 N–H and O–H groups in total. The van der Waals surface area contributed by atoms with Gasteiger partial charge < -0.3 is 15.8 Å². The van der Waals surface area contributed by atoms with Gasteiger partial charge in [0, 0.05) is 23.2 Å². The van der Waals surface area contributed by atoms with Gasteiger partial charge in [0.15, 0.2) is 5.82 Å². The van der Waals surface area contributed by atoms with Crippen molar-refractivity contribution in [2.75, 3.05) is 13.2 Å². The molecule has 9 heteroatoms. The SMILES string of the molecule is Cl.NC1(C(=O)NCc2nc(-c3ccc(Br)cc3)n[nH]2)CCOCC1. The molecule has 0 saturated carbocycles. The molecular formula is C15H19BrClN5O2. The van der Waals surface area contributed by atoms with Gasteiger partial charge in [-0.05, 0) is 25.0 Å². The highest BCUT2D eigenvalue weighted by molar-refractivity contribution is 9.10. The van der Waals surface area contributed by atoms with Gasteiger partial charge in [0.05, 0.1) is 12.1 Å². The Morgan fingerprint density at radius 1 is 1.33 bits per heavy atom. The number of H-pyrrole nitrogens is 1. The van der Waals surface area contributed by atoms with E-state index in [0.717, 1.165) is 10.0 Å². The number of carbonyl (C=O) groups is 1. The van der Waals surface area contributed by atoms with Crippen molar-refractivity contribution < 1.29 is 9.53 Å². The van der Waals surface area contributed by atoms with Crippen molar-refractivity contribution in [2.45, 2.75) is 24.9 Å². The third kappa shape index (κ3) is 4.32. The van der Waals surface area contributed by atoms with Gasteiger partial charge in [0.2, 0.25) is 5.91 Å². The topological polar surface area (TPSA) is 106 Å². The van der Waals surface area contributed by atoms with Gasteiger partial charge in [-0.3, -0.25) is 9.89 Å². The zero-order chi connectivity index (χ0) is 16.3. The lowest BCUT2D eigenvalue weighted by Crippen LogP contribution is -2.56. The number of rotatable bonds is 4. The van der Waals surface area contributed by atoms with E-state index >= 15 is 0 Å². The predicted octanol–water partition coefficient (Wildman–Crippen LogP) is 1.78. The summed E-state index contributed by atoms with van der Waals surface area (Å²) in [4.78, 5) is 16.6. The van der Waals surface area contributed by atoms with Gasteiger partial charge in [-0.15, -0.1) is 12.4 Å². The normalized spacial score (nSPS) is 16.2. The van der Waals surface area contributed by atoms with Crippen molar-refractivity contribution in [2.24, 2.45) is 5.73 Å². The first-order chi connectivity index (χ1) is 11.1. The van der Waals surface area contributed by atoms with E-state index in [1.807, 2.05) is 24.3 Å². The average Bonchev–Trinajstić information content (AvgIpc) is 3.03. The number of nitrogens with two attached hydrogens (primary N) is 1. The van der Waals surface area contributed by atoms with Crippen LogP contribution in [-0.2, 0) is 16.1 Å². The van der Waals surface area contributed by atoms with Crippen molar-refractivity contribution in [3.63, 3.8) is 0 Å². The summed E-state index contributed by atoms with van der Waals surface area (Å²) in [6.07, 6.45) is 1.05. The van der Waals surface area contributed by atoms with Gasteiger partial charge in [-0.1, -0.05) is 28.1 Å². The van der Waals surface area contributed by atoms with E-state index in [2.05, 4.69) is 36.4 Å². The lowest BCUT2D eigenvalue weighted by molar-refractivity contribution is -0.129. The molecule has 0 unspecified atom stereocenters. The number of amides is 1. The molecule has 0 spiro atoms. The standard InChI is InChI=1S/C15H18BrN5O2.ClH/c16-11-3-1-10(2-4-11)13-19-12(20-21-13)9-18-14(22)15(17)5-7-23-8-6-15;/h1-4H,5-9,17H2,(H,18,22)(H,19,20,21);1H. The van der Waals surface area contributed by atoms with Crippen LogP contribution in [-0.4, -0.2) is 39.8 Å². The number of ether oxygens (including phenoxy) is 1. The number of hydrogen-bond donors (Lipinski definition) is 3. The predicted molar refractivity (Wildman–Crippen MR) is 95.6 cm³/mol. The summed E-state index contributed by atoms with van der Waals surface area (Å²) in [6, 6.07) is 7.70. The number of benzene rings is 1. The van der Waals surface area contributed by atoms with Crippen LogP contribution in [0, 0.1) is 0 Å². The summed E-state index contributed by atoms with van der Waals surface area (Å²) in [6.45, 7) is 1.29. The van der Waals surface area contributed by atoms with Crippen LogP contribution in [0.2, 0.25) is 0 Å². The maximum Gasteiger partial charge on any atom is 0.240 e. The number of aromatic amines is 1. The van der Waals surface area contributed by atoms with Gasteiger partial charge in [0.25, 0.3) is 0 Å². The first-order valence-electron chi connectivity index (χ1n) is 7.39. The smallest absolute Gasteiger partial charge is 0.240 e. The van der Waals surface area contributed by atoms with Gasteiger partial charge in [0.1, 0.15) is 5.82 Å². The highest BCUT2D eigenvalue weighted by Crippen LogP contribution is 2.19. The minimum absolute atomic E-state index is 0. The largest absolute Gasteiger partial charge is 0.381 e. The van der Waals surface area contributed by atoms with E-state index in [-0.39, 0.29) is 24.9 Å². The molecule has 0 bridgehead atoms. The van der Waals surface area contributed by atoms with Crippen molar-refractivity contribution in [1.82, 2.24) is 20.5 Å². The Labute approximate surface area is 154 Å². The minimum Gasteiger partial charge on any atom is -0.381 e. The maximum atomic E-state index is 12.2. The fourth-order valence-corrected chi connectivity index (χ4v) is 2.67. The summed E-state index contributed by atoms with van der Waals surface area (Å²) >= 11 is 3.39. The Kier molecular flexibility index (Phi) is 6.34. The molecule has 130 valence electrons. The van der Waals surface area contributed by atoms with E-state index in [4.69, 9.17) is 10.5 Å². The second-order valence-corrected chi connectivity index (χ2v) is 6.48. The van der Waals surface area contributed by atoms with Crippen molar-refractivity contribution in [3.05, 3.63) is 34.6 Å². The number of nitrogens with zero attached hydrogens (tertiary/aromatic N) is 2. The van der Waals surface area contributed by atoms with Crippen LogP contribution in [0.5, 0.6) is 0 Å². The molecule has 1 aromatic carbocycles. The molecule has 24 heavy (non-hydrogen) atoms. The molecule has 2 heterocycles. The Bertz CT molecular complexity index is 685.